The molecule has 0 amide bonds. The Kier molecular flexibility index (Phi) is 3.22. The van der Waals surface area contributed by atoms with Gasteiger partial charge in [-0.1, -0.05) is 51.1 Å². The van der Waals surface area contributed by atoms with E-state index in [1.54, 1.807) is 0 Å². The minimum Gasteiger partial charge on any atom is -0.361 e. The van der Waals surface area contributed by atoms with Gasteiger partial charge in [0, 0.05) is 20.0 Å². The van der Waals surface area contributed by atoms with Gasteiger partial charge in [0.2, 0.25) is 0 Å². The van der Waals surface area contributed by atoms with Gasteiger partial charge in [0.1, 0.15) is 11.4 Å². The summed E-state index contributed by atoms with van der Waals surface area (Å²) in [5.41, 5.74) is 1.51. The molecule has 1 heterocycles. The Bertz CT molecular complexity index is 442. The molecule has 1 aliphatic heterocycles. The number of amidine groups is 1. The first kappa shape index (κ1) is 13.1. The van der Waals surface area contributed by atoms with Crippen molar-refractivity contribution in [1.82, 2.24) is 4.90 Å². The highest BCUT2D eigenvalue weighted by Crippen LogP contribution is 2.34. The minimum atomic E-state index is -0.0867. The molecule has 1 atom stereocenters. The Balaban J connectivity index is 2.27. The van der Waals surface area contributed by atoms with Crippen molar-refractivity contribution in [2.75, 3.05) is 13.6 Å². The van der Waals surface area contributed by atoms with E-state index in [1.165, 1.54) is 11.4 Å². The molecular formula is C16H24N2. The molecule has 1 aliphatic rings. The van der Waals surface area contributed by atoms with Gasteiger partial charge in [0.15, 0.2) is 0 Å². The molecule has 0 radical (unpaired) electrons. The van der Waals surface area contributed by atoms with Crippen molar-refractivity contribution < 1.29 is 0 Å². The van der Waals surface area contributed by atoms with E-state index in [4.69, 9.17) is 4.99 Å². The number of hydrogen-bond acceptors (Lipinski definition) is 2. The van der Waals surface area contributed by atoms with Crippen LogP contribution < -0.4 is 0 Å². The van der Waals surface area contributed by atoms with Crippen LogP contribution in [0.15, 0.2) is 35.3 Å². The van der Waals surface area contributed by atoms with Gasteiger partial charge >= 0.3 is 0 Å². The maximum atomic E-state index is 5.00. The minimum absolute atomic E-state index is 0.0867. The second-order valence-corrected chi connectivity index (χ2v) is 6.76. The Morgan fingerprint density at radius 1 is 1.22 bits per heavy atom. The fourth-order valence-electron chi connectivity index (χ4n) is 2.56. The molecule has 1 aromatic rings. The molecule has 0 aromatic heterocycles. The molecule has 0 spiro atoms. The normalized spacial score (nSPS) is 24.3. The van der Waals surface area contributed by atoms with E-state index >= 15 is 0 Å². The zero-order valence-corrected chi connectivity index (χ0v) is 12.2. The monoisotopic (exact) mass is 244 g/mol. The molecule has 98 valence electrons. The molecule has 18 heavy (non-hydrogen) atoms. The first-order valence-corrected chi connectivity index (χ1v) is 6.66. The summed E-state index contributed by atoms with van der Waals surface area (Å²) >= 11 is 0. The number of aliphatic imine (C=N–C) groups is 1. The van der Waals surface area contributed by atoms with Gasteiger partial charge in [-0.25, -0.2) is 0 Å². The van der Waals surface area contributed by atoms with Gasteiger partial charge in [-0.05, 0) is 17.9 Å². The number of nitrogens with zero attached hydrogens (tertiary/aromatic N) is 2. The summed E-state index contributed by atoms with van der Waals surface area (Å²) in [4.78, 5) is 7.30. The van der Waals surface area contributed by atoms with Crippen LogP contribution in [-0.2, 0) is 5.54 Å². The Labute approximate surface area is 111 Å². The van der Waals surface area contributed by atoms with Crippen molar-refractivity contribution in [3.8, 4) is 0 Å². The fraction of sp³-hybridized carbons (Fsp3) is 0.562. The van der Waals surface area contributed by atoms with Crippen molar-refractivity contribution >= 4 is 5.84 Å². The van der Waals surface area contributed by atoms with Gasteiger partial charge in [0.25, 0.3) is 0 Å². The van der Waals surface area contributed by atoms with E-state index < -0.39 is 0 Å². The number of likely N-dealkylation sites (N-methyl/N-ethyl adjacent to an activating group) is 1. The molecule has 0 aliphatic carbocycles. The molecule has 2 heteroatoms. The largest absolute Gasteiger partial charge is 0.361 e. The molecule has 0 saturated carbocycles. The van der Waals surface area contributed by atoms with Crippen LogP contribution in [0, 0.1) is 5.41 Å². The van der Waals surface area contributed by atoms with Crippen LogP contribution in [-0.4, -0.2) is 24.3 Å². The fourth-order valence-corrected chi connectivity index (χ4v) is 2.56. The summed E-state index contributed by atoms with van der Waals surface area (Å²) in [5.74, 6) is 1.23. The number of rotatable bonds is 2. The highest BCUT2D eigenvalue weighted by atomic mass is 15.3. The van der Waals surface area contributed by atoms with Crippen LogP contribution >= 0.6 is 0 Å². The molecule has 0 bridgehead atoms. The van der Waals surface area contributed by atoms with Crippen molar-refractivity contribution in [3.05, 3.63) is 35.9 Å². The lowest BCUT2D eigenvalue weighted by Crippen LogP contribution is -2.30. The van der Waals surface area contributed by atoms with Crippen molar-refractivity contribution in [2.24, 2.45) is 10.4 Å². The molecule has 2 nitrogen and oxygen atoms in total. The second kappa shape index (κ2) is 4.42. The van der Waals surface area contributed by atoms with Gasteiger partial charge < -0.3 is 4.90 Å². The Morgan fingerprint density at radius 2 is 1.83 bits per heavy atom. The van der Waals surface area contributed by atoms with Crippen LogP contribution in [0.25, 0.3) is 0 Å². The first-order valence-electron chi connectivity index (χ1n) is 6.66. The van der Waals surface area contributed by atoms with Crippen LogP contribution in [0.4, 0.5) is 0 Å². The van der Waals surface area contributed by atoms with Crippen LogP contribution in [0.5, 0.6) is 0 Å². The average Bonchev–Trinajstić information content (AvgIpc) is 2.54. The molecule has 0 saturated heterocycles. The SMILES string of the molecule is CN1CC(C)(c2ccccc2)N=C1CC(C)(C)C. The van der Waals surface area contributed by atoms with E-state index in [-0.39, 0.29) is 11.0 Å². The van der Waals surface area contributed by atoms with Crippen LogP contribution in [0.3, 0.4) is 0 Å². The lowest BCUT2D eigenvalue weighted by atomic mass is 9.91. The smallest absolute Gasteiger partial charge is 0.102 e. The van der Waals surface area contributed by atoms with E-state index in [9.17, 15) is 0 Å². The zero-order chi connectivity index (χ0) is 13.4. The maximum absolute atomic E-state index is 5.00. The van der Waals surface area contributed by atoms with Gasteiger partial charge in [-0.3, -0.25) is 4.99 Å². The summed E-state index contributed by atoms with van der Waals surface area (Å²) in [6, 6.07) is 10.6. The summed E-state index contributed by atoms with van der Waals surface area (Å²) in [6.45, 7) is 10.0. The third-order valence-electron chi connectivity index (χ3n) is 3.45. The molecule has 0 fully saturated rings. The van der Waals surface area contributed by atoms with Crippen LogP contribution in [0.2, 0.25) is 0 Å². The van der Waals surface area contributed by atoms with Crippen molar-refractivity contribution in [3.63, 3.8) is 0 Å². The first-order chi connectivity index (χ1) is 8.30. The van der Waals surface area contributed by atoms with E-state index in [0.29, 0.717) is 0 Å². The highest BCUT2D eigenvalue weighted by molar-refractivity contribution is 5.85. The summed E-state index contributed by atoms with van der Waals surface area (Å²) < 4.78 is 0. The topological polar surface area (TPSA) is 15.6 Å². The van der Waals surface area contributed by atoms with Crippen molar-refractivity contribution in [2.45, 2.75) is 39.7 Å². The lowest BCUT2D eigenvalue weighted by Gasteiger charge is -2.24. The lowest BCUT2D eigenvalue weighted by molar-refractivity contribution is 0.385. The summed E-state index contributed by atoms with van der Waals surface area (Å²) in [5, 5.41) is 0. The van der Waals surface area contributed by atoms with Gasteiger partial charge in [-0.15, -0.1) is 0 Å². The quantitative estimate of drug-likeness (QED) is 0.775. The molecular weight excluding hydrogens is 220 g/mol. The zero-order valence-electron chi connectivity index (χ0n) is 12.2. The highest BCUT2D eigenvalue weighted by Gasteiger charge is 2.35. The molecule has 2 rings (SSSR count). The second-order valence-electron chi connectivity index (χ2n) is 6.76. The Morgan fingerprint density at radius 3 is 2.39 bits per heavy atom. The molecule has 1 aromatic carbocycles. The van der Waals surface area contributed by atoms with E-state index in [1.807, 2.05) is 0 Å². The van der Waals surface area contributed by atoms with Gasteiger partial charge in [0.05, 0.1) is 0 Å². The summed E-state index contributed by atoms with van der Waals surface area (Å²) in [6.07, 6.45) is 1.03. The van der Waals surface area contributed by atoms with Gasteiger partial charge in [-0.2, -0.15) is 0 Å². The maximum Gasteiger partial charge on any atom is 0.102 e. The standard InChI is InChI=1S/C16H24N2/c1-15(2,3)11-14-17-16(4,12-18(14)5)13-9-7-6-8-10-13/h6-10H,11-12H2,1-5H3. The predicted octanol–water partition coefficient (Wildman–Crippen LogP) is 3.68. The Hall–Kier alpha value is -1.31. The average molecular weight is 244 g/mol. The molecule has 1 unspecified atom stereocenters. The summed E-state index contributed by atoms with van der Waals surface area (Å²) in [7, 11) is 2.15. The number of benzene rings is 1. The third kappa shape index (κ3) is 2.74. The number of hydrogen-bond donors (Lipinski definition) is 0. The van der Waals surface area contributed by atoms with E-state index in [2.05, 4.69) is 70.0 Å². The predicted molar refractivity (Wildman–Crippen MR) is 77.9 cm³/mol. The third-order valence-corrected chi connectivity index (χ3v) is 3.45. The van der Waals surface area contributed by atoms with Crippen LogP contribution in [0.1, 0.15) is 39.7 Å². The van der Waals surface area contributed by atoms with E-state index in [0.717, 1.165) is 13.0 Å². The van der Waals surface area contributed by atoms with Crippen molar-refractivity contribution in [1.29, 1.82) is 0 Å². The molecule has 0 N–H and O–H groups in total.